The maximum absolute atomic E-state index is 13.0. The van der Waals surface area contributed by atoms with Crippen molar-refractivity contribution in [1.82, 2.24) is 4.90 Å². The van der Waals surface area contributed by atoms with E-state index in [-0.39, 0.29) is 11.9 Å². The lowest BCUT2D eigenvalue weighted by Gasteiger charge is -2.29. The van der Waals surface area contributed by atoms with Crippen molar-refractivity contribution in [2.45, 2.75) is 32.7 Å². The zero-order valence-electron chi connectivity index (χ0n) is 16.5. The van der Waals surface area contributed by atoms with Crippen LogP contribution in [0.5, 0.6) is 0 Å². The Balaban J connectivity index is 2.05. The number of hydrogen-bond acceptors (Lipinski definition) is 4. The lowest BCUT2D eigenvalue weighted by molar-refractivity contribution is -0.144. The molecule has 1 atom stereocenters. The second-order valence-corrected chi connectivity index (χ2v) is 6.64. The van der Waals surface area contributed by atoms with Gasteiger partial charge >= 0.3 is 12.1 Å². The predicted octanol–water partition coefficient (Wildman–Crippen LogP) is 4.44. The maximum Gasteiger partial charge on any atom is 0.410 e. The lowest BCUT2D eigenvalue weighted by atomic mass is 10.0. The molecule has 0 saturated carbocycles. The van der Waals surface area contributed by atoms with Crippen LogP contribution in [0.15, 0.2) is 48.5 Å². The van der Waals surface area contributed by atoms with Gasteiger partial charge in [0.15, 0.2) is 6.61 Å². The van der Waals surface area contributed by atoms with Crippen molar-refractivity contribution in [2.24, 2.45) is 0 Å². The molecule has 28 heavy (non-hydrogen) atoms. The summed E-state index contributed by atoms with van der Waals surface area (Å²) in [4.78, 5) is 25.5. The van der Waals surface area contributed by atoms with E-state index < -0.39 is 18.7 Å². The molecule has 1 amide bonds. The Morgan fingerprint density at radius 3 is 2.32 bits per heavy atom. The van der Waals surface area contributed by atoms with Crippen LogP contribution in [0.2, 0.25) is 0 Å². The van der Waals surface area contributed by atoms with Crippen molar-refractivity contribution in [3.8, 4) is 0 Å². The number of ether oxygens (including phenoxy) is 2. The molecule has 150 valence electrons. The highest BCUT2D eigenvalue weighted by molar-refractivity contribution is 5.75. The highest BCUT2D eigenvalue weighted by Crippen LogP contribution is 2.22. The van der Waals surface area contributed by atoms with Crippen molar-refractivity contribution in [2.75, 3.05) is 20.3 Å². The average Bonchev–Trinajstić information content (AvgIpc) is 2.70. The van der Waals surface area contributed by atoms with E-state index in [1.54, 1.807) is 17.0 Å². The smallest absolute Gasteiger partial charge is 0.410 e. The second-order valence-electron chi connectivity index (χ2n) is 6.64. The molecule has 2 aromatic rings. The summed E-state index contributed by atoms with van der Waals surface area (Å²) in [7, 11) is 1.24. The molecule has 0 bridgehead atoms. The maximum atomic E-state index is 13.0. The zero-order chi connectivity index (χ0) is 20.5. The van der Waals surface area contributed by atoms with Crippen LogP contribution in [0.25, 0.3) is 0 Å². The van der Waals surface area contributed by atoms with Gasteiger partial charge in [0, 0.05) is 6.54 Å². The second kappa shape index (κ2) is 10.4. The van der Waals surface area contributed by atoms with Crippen LogP contribution < -0.4 is 0 Å². The van der Waals surface area contributed by atoms with Crippen molar-refractivity contribution >= 4 is 12.1 Å². The van der Waals surface area contributed by atoms with E-state index in [9.17, 15) is 14.0 Å². The van der Waals surface area contributed by atoms with E-state index in [1.807, 2.05) is 38.1 Å². The third kappa shape index (κ3) is 6.37. The fourth-order valence-electron chi connectivity index (χ4n) is 2.84. The summed E-state index contributed by atoms with van der Waals surface area (Å²) in [5.74, 6) is -0.882. The minimum Gasteiger partial charge on any atom is -0.466 e. The summed E-state index contributed by atoms with van der Waals surface area (Å²) in [6.07, 6.45) is 0.800. The summed E-state index contributed by atoms with van der Waals surface area (Å²) in [5.41, 5.74) is 3.10. The first-order valence-corrected chi connectivity index (χ1v) is 9.22. The van der Waals surface area contributed by atoms with Gasteiger partial charge in [-0.05, 0) is 49.9 Å². The Bertz CT molecular complexity index is 774. The number of carbonyl (C=O) groups excluding carboxylic acids is 2. The van der Waals surface area contributed by atoms with Crippen molar-refractivity contribution in [3.63, 3.8) is 0 Å². The Labute approximate surface area is 165 Å². The third-order valence-electron chi connectivity index (χ3n) is 4.58. The van der Waals surface area contributed by atoms with E-state index in [4.69, 9.17) is 4.74 Å². The van der Waals surface area contributed by atoms with Crippen molar-refractivity contribution in [3.05, 3.63) is 71.0 Å². The third-order valence-corrected chi connectivity index (χ3v) is 4.58. The molecule has 0 fully saturated rings. The molecule has 6 heteroatoms. The molecule has 0 aromatic heterocycles. The molecular weight excluding hydrogens is 361 g/mol. The molecule has 0 aliphatic rings. The number of hydrogen-bond donors (Lipinski definition) is 0. The van der Waals surface area contributed by atoms with E-state index in [0.717, 1.165) is 16.7 Å². The summed E-state index contributed by atoms with van der Waals surface area (Å²) < 4.78 is 22.7. The number of esters is 1. The first-order valence-electron chi connectivity index (χ1n) is 9.22. The normalized spacial score (nSPS) is 11.6. The lowest BCUT2D eigenvalue weighted by Crippen LogP contribution is -2.36. The number of aryl methyl sites for hydroxylation is 2. The monoisotopic (exact) mass is 387 g/mol. The number of halogens is 1. The van der Waals surface area contributed by atoms with Crippen LogP contribution in [0.1, 0.15) is 36.1 Å². The molecule has 0 heterocycles. The predicted molar refractivity (Wildman–Crippen MR) is 104 cm³/mol. The molecule has 0 aliphatic heterocycles. The number of methoxy groups -OCH3 is 1. The van der Waals surface area contributed by atoms with Gasteiger partial charge in [-0.15, -0.1) is 0 Å². The van der Waals surface area contributed by atoms with E-state index >= 15 is 0 Å². The molecule has 0 N–H and O–H groups in total. The van der Waals surface area contributed by atoms with E-state index in [1.165, 1.54) is 19.2 Å². The Morgan fingerprint density at radius 2 is 1.71 bits per heavy atom. The topological polar surface area (TPSA) is 55.8 Å². The van der Waals surface area contributed by atoms with Crippen molar-refractivity contribution in [1.29, 1.82) is 0 Å². The SMILES string of the molecule is COC(=O)COC(=O)N(CCCc1ccc(F)cc1)[C@@H](C)c1ccc(C)cc1. The molecular formula is C22H26FNO4. The number of carbonyl (C=O) groups is 2. The highest BCUT2D eigenvalue weighted by Gasteiger charge is 2.23. The largest absolute Gasteiger partial charge is 0.466 e. The van der Waals surface area contributed by atoms with Gasteiger partial charge < -0.3 is 14.4 Å². The van der Waals surface area contributed by atoms with Gasteiger partial charge in [-0.25, -0.2) is 14.0 Å². The molecule has 0 spiro atoms. The number of nitrogens with zero attached hydrogens (tertiary/aromatic N) is 1. The van der Waals surface area contributed by atoms with Gasteiger partial charge in [0.2, 0.25) is 0 Å². The zero-order valence-corrected chi connectivity index (χ0v) is 16.5. The fraction of sp³-hybridized carbons (Fsp3) is 0.364. The van der Waals surface area contributed by atoms with Crippen LogP contribution in [0, 0.1) is 12.7 Å². The number of benzene rings is 2. The summed E-state index contributed by atoms with van der Waals surface area (Å²) in [5, 5.41) is 0. The molecule has 0 unspecified atom stereocenters. The van der Waals surface area contributed by atoms with Gasteiger partial charge in [-0.3, -0.25) is 0 Å². The molecule has 2 aromatic carbocycles. The molecule has 0 saturated heterocycles. The number of rotatable bonds is 8. The molecule has 5 nitrogen and oxygen atoms in total. The van der Waals surface area contributed by atoms with Gasteiger partial charge in [-0.1, -0.05) is 42.0 Å². The Hall–Kier alpha value is -2.89. The van der Waals surface area contributed by atoms with E-state index in [0.29, 0.717) is 19.4 Å². The molecule has 0 aliphatic carbocycles. The minimum absolute atomic E-state index is 0.223. The van der Waals surface area contributed by atoms with Crippen LogP contribution >= 0.6 is 0 Å². The van der Waals surface area contributed by atoms with Crippen LogP contribution in [-0.4, -0.2) is 37.2 Å². The summed E-state index contributed by atoms with van der Waals surface area (Å²) in [6.45, 7) is 3.93. The standard InChI is InChI=1S/C22H26FNO4/c1-16-6-10-19(11-7-16)17(2)24(22(26)28-15-21(25)27-3)14-4-5-18-8-12-20(23)13-9-18/h6-13,17H,4-5,14-15H2,1-3H3/t17-/m0/s1. The average molecular weight is 387 g/mol. The van der Waals surface area contributed by atoms with Gasteiger partial charge in [0.1, 0.15) is 5.82 Å². The fourth-order valence-corrected chi connectivity index (χ4v) is 2.84. The van der Waals surface area contributed by atoms with Crippen molar-refractivity contribution < 1.29 is 23.5 Å². The number of amides is 1. The Morgan fingerprint density at radius 1 is 1.07 bits per heavy atom. The molecule has 0 radical (unpaired) electrons. The van der Waals surface area contributed by atoms with Crippen LogP contribution in [0.4, 0.5) is 9.18 Å². The molecule has 2 rings (SSSR count). The summed E-state index contributed by atoms with van der Waals surface area (Å²) in [6, 6.07) is 14.0. The first-order chi connectivity index (χ1) is 13.4. The van der Waals surface area contributed by atoms with Crippen LogP contribution in [-0.2, 0) is 20.7 Å². The van der Waals surface area contributed by atoms with E-state index in [2.05, 4.69) is 4.74 Å². The first kappa shape index (κ1) is 21.4. The highest BCUT2D eigenvalue weighted by atomic mass is 19.1. The minimum atomic E-state index is -0.609. The quantitative estimate of drug-likeness (QED) is 0.629. The van der Waals surface area contributed by atoms with Gasteiger partial charge in [0.25, 0.3) is 0 Å². The van der Waals surface area contributed by atoms with Gasteiger partial charge in [0.05, 0.1) is 13.2 Å². The Kier molecular flexibility index (Phi) is 7.99. The van der Waals surface area contributed by atoms with Gasteiger partial charge in [-0.2, -0.15) is 0 Å². The summed E-state index contributed by atoms with van der Waals surface area (Å²) >= 11 is 0. The van der Waals surface area contributed by atoms with Crippen LogP contribution in [0.3, 0.4) is 0 Å².